The highest BCUT2D eigenvalue weighted by molar-refractivity contribution is 6.05. The van der Waals surface area contributed by atoms with E-state index in [2.05, 4.69) is 0 Å². The number of alkyl halides is 2. The molecule has 3 rings (SSSR count). The van der Waals surface area contributed by atoms with Gasteiger partial charge in [-0.25, -0.2) is 13.2 Å². The predicted octanol–water partition coefficient (Wildman–Crippen LogP) is 4.18. The molecule has 6 heteroatoms. The third-order valence-electron chi connectivity index (χ3n) is 4.32. The average molecular weight is 347 g/mol. The van der Waals surface area contributed by atoms with E-state index in [4.69, 9.17) is 0 Å². The van der Waals surface area contributed by atoms with Gasteiger partial charge in [0, 0.05) is 17.7 Å². The van der Waals surface area contributed by atoms with E-state index in [1.54, 1.807) is 24.3 Å². The van der Waals surface area contributed by atoms with Gasteiger partial charge in [-0.1, -0.05) is 24.3 Å². The number of ketones is 1. The molecule has 0 saturated heterocycles. The molecule has 0 spiro atoms. The van der Waals surface area contributed by atoms with Crippen LogP contribution in [0.25, 0.3) is 0 Å². The fourth-order valence-electron chi connectivity index (χ4n) is 3.15. The van der Waals surface area contributed by atoms with Gasteiger partial charge in [-0.05, 0) is 36.2 Å². The number of hydrogen-bond donors (Lipinski definition) is 0. The Hall–Kier alpha value is -2.63. The molecule has 0 N–H and O–H groups in total. The lowest BCUT2D eigenvalue weighted by Gasteiger charge is -2.30. The first-order valence-corrected chi connectivity index (χ1v) is 7.94. The van der Waals surface area contributed by atoms with E-state index in [0.29, 0.717) is 11.1 Å². The lowest BCUT2D eigenvalue weighted by atomic mass is 9.81. The number of nitrogens with zero attached hydrogens (tertiary/aromatic N) is 1. The third-order valence-corrected chi connectivity index (χ3v) is 4.32. The fraction of sp³-hybridized carbons (Fsp3) is 0.263. The van der Waals surface area contributed by atoms with E-state index in [1.807, 2.05) is 0 Å². The Morgan fingerprint density at radius 1 is 1.12 bits per heavy atom. The minimum Gasteiger partial charge on any atom is -0.306 e. The number of benzene rings is 2. The van der Waals surface area contributed by atoms with Gasteiger partial charge in [0.1, 0.15) is 5.82 Å². The number of rotatable bonds is 4. The molecule has 2 aromatic carbocycles. The first-order chi connectivity index (χ1) is 12.0. The molecule has 1 atom stereocenters. The van der Waals surface area contributed by atoms with E-state index in [0.717, 1.165) is 17.0 Å². The largest absolute Gasteiger partial charge is 0.306 e. The van der Waals surface area contributed by atoms with E-state index in [1.165, 1.54) is 12.1 Å². The zero-order chi connectivity index (χ0) is 18.0. The second kappa shape index (κ2) is 7.09. The summed E-state index contributed by atoms with van der Waals surface area (Å²) in [6, 6.07) is 11.6. The molecule has 0 radical (unpaired) electrons. The number of carbonyl (C=O) groups is 2. The molecule has 0 aliphatic heterocycles. The van der Waals surface area contributed by atoms with Gasteiger partial charge in [-0.15, -0.1) is 0 Å². The summed E-state index contributed by atoms with van der Waals surface area (Å²) in [7, 11) is 0. The molecule has 1 amide bonds. The lowest BCUT2D eigenvalue weighted by Crippen LogP contribution is -2.40. The Kier molecular flexibility index (Phi) is 4.88. The molecule has 0 fully saturated rings. The lowest BCUT2D eigenvalue weighted by molar-refractivity contribution is -0.120. The smallest absolute Gasteiger partial charge is 0.256 e. The maximum atomic E-state index is 13.1. The highest BCUT2D eigenvalue weighted by Gasteiger charge is 2.34. The first kappa shape index (κ1) is 17.2. The molecule has 0 saturated carbocycles. The minimum atomic E-state index is -2.73. The van der Waals surface area contributed by atoms with Crippen molar-refractivity contribution in [3.05, 3.63) is 65.5 Å². The van der Waals surface area contributed by atoms with Crippen LogP contribution in [0.1, 0.15) is 34.7 Å². The van der Waals surface area contributed by atoms with Gasteiger partial charge in [0.25, 0.3) is 6.43 Å². The van der Waals surface area contributed by atoms with E-state index in [9.17, 15) is 22.8 Å². The van der Waals surface area contributed by atoms with Crippen LogP contribution in [0.4, 0.5) is 18.9 Å². The van der Waals surface area contributed by atoms with E-state index >= 15 is 0 Å². The number of halogens is 3. The molecule has 25 heavy (non-hydrogen) atoms. The summed E-state index contributed by atoms with van der Waals surface area (Å²) < 4.78 is 39.1. The van der Waals surface area contributed by atoms with Crippen molar-refractivity contribution in [2.45, 2.75) is 25.2 Å². The Morgan fingerprint density at radius 2 is 1.80 bits per heavy atom. The van der Waals surface area contributed by atoms with Gasteiger partial charge in [-0.3, -0.25) is 9.59 Å². The second-order valence-corrected chi connectivity index (χ2v) is 5.92. The van der Waals surface area contributed by atoms with Crippen molar-refractivity contribution in [1.82, 2.24) is 0 Å². The molecule has 3 nitrogen and oxygen atoms in total. The van der Waals surface area contributed by atoms with Crippen LogP contribution < -0.4 is 4.90 Å². The number of anilines is 1. The molecule has 130 valence electrons. The zero-order valence-electron chi connectivity index (χ0n) is 13.3. The Morgan fingerprint density at radius 3 is 2.48 bits per heavy atom. The summed E-state index contributed by atoms with van der Waals surface area (Å²) in [5.74, 6) is -1.74. The summed E-state index contributed by atoms with van der Waals surface area (Å²) in [6.07, 6.45) is -2.26. The van der Waals surface area contributed by atoms with Crippen molar-refractivity contribution >= 4 is 17.4 Å². The zero-order valence-corrected chi connectivity index (χ0v) is 13.3. The summed E-state index contributed by atoms with van der Waals surface area (Å²) >= 11 is 0. The molecule has 1 aliphatic carbocycles. The van der Waals surface area contributed by atoms with Gasteiger partial charge in [0.2, 0.25) is 5.91 Å². The molecule has 0 bridgehead atoms. The van der Waals surface area contributed by atoms with Crippen LogP contribution in [0.2, 0.25) is 0 Å². The Balaban J connectivity index is 1.97. The monoisotopic (exact) mass is 347 g/mol. The number of amides is 1. The van der Waals surface area contributed by atoms with Gasteiger partial charge < -0.3 is 4.90 Å². The van der Waals surface area contributed by atoms with Crippen molar-refractivity contribution in [2.75, 3.05) is 11.4 Å². The summed E-state index contributed by atoms with van der Waals surface area (Å²) in [5, 5.41) is 0. The molecule has 0 heterocycles. The Labute approximate surface area is 143 Å². The predicted molar refractivity (Wildman–Crippen MR) is 87.5 cm³/mol. The maximum Gasteiger partial charge on any atom is 0.256 e. The van der Waals surface area contributed by atoms with Gasteiger partial charge in [0.15, 0.2) is 5.78 Å². The van der Waals surface area contributed by atoms with Crippen LogP contribution in [0.5, 0.6) is 0 Å². The maximum absolute atomic E-state index is 13.1. The molecular formula is C19H16F3NO2. The van der Waals surface area contributed by atoms with Crippen molar-refractivity contribution in [3.8, 4) is 0 Å². The second-order valence-electron chi connectivity index (χ2n) is 5.92. The van der Waals surface area contributed by atoms with Crippen LogP contribution in [0.15, 0.2) is 48.5 Å². The topological polar surface area (TPSA) is 37.4 Å². The van der Waals surface area contributed by atoms with E-state index in [-0.39, 0.29) is 24.3 Å². The summed E-state index contributed by atoms with van der Waals surface area (Å²) in [4.78, 5) is 26.0. The normalized spacial score (nSPS) is 16.6. The standard InChI is InChI=1S/C19H16F3NO2/c20-12-5-7-13(8-6-12)23(11-18(21)22)19(25)16-9-10-17(24)15-4-2-1-3-14(15)16/h1-8,16,18H,9-11H2/t16-/m0/s1. The van der Waals surface area contributed by atoms with Crippen LogP contribution >= 0.6 is 0 Å². The highest BCUT2D eigenvalue weighted by Crippen LogP contribution is 2.34. The molecule has 2 aromatic rings. The third kappa shape index (κ3) is 3.57. The average Bonchev–Trinajstić information content (AvgIpc) is 2.60. The number of Topliss-reactive ketones (excluding diaryl/α,β-unsaturated/α-hetero) is 1. The van der Waals surface area contributed by atoms with Crippen LogP contribution in [-0.4, -0.2) is 24.7 Å². The van der Waals surface area contributed by atoms with Crippen molar-refractivity contribution < 1.29 is 22.8 Å². The number of carbonyl (C=O) groups excluding carboxylic acids is 2. The SMILES string of the molecule is O=C1CC[C@H](C(=O)N(CC(F)F)c2ccc(F)cc2)c2ccccc21. The first-order valence-electron chi connectivity index (χ1n) is 7.94. The van der Waals surface area contributed by atoms with E-state index < -0.39 is 30.6 Å². The van der Waals surface area contributed by atoms with Crippen molar-refractivity contribution in [3.63, 3.8) is 0 Å². The van der Waals surface area contributed by atoms with Gasteiger partial charge >= 0.3 is 0 Å². The van der Waals surface area contributed by atoms with Crippen LogP contribution in [0, 0.1) is 5.82 Å². The number of fused-ring (bicyclic) bond motifs is 1. The highest BCUT2D eigenvalue weighted by atomic mass is 19.3. The molecular weight excluding hydrogens is 331 g/mol. The van der Waals surface area contributed by atoms with Gasteiger partial charge in [-0.2, -0.15) is 0 Å². The molecule has 0 unspecified atom stereocenters. The summed E-state index contributed by atoms with van der Waals surface area (Å²) in [5.41, 5.74) is 1.23. The van der Waals surface area contributed by atoms with Crippen LogP contribution in [0.3, 0.4) is 0 Å². The molecule has 1 aliphatic rings. The van der Waals surface area contributed by atoms with Crippen molar-refractivity contribution in [2.24, 2.45) is 0 Å². The van der Waals surface area contributed by atoms with Gasteiger partial charge in [0.05, 0.1) is 12.5 Å². The molecule has 0 aromatic heterocycles. The Bertz CT molecular complexity index is 790. The van der Waals surface area contributed by atoms with Crippen molar-refractivity contribution in [1.29, 1.82) is 0 Å². The number of hydrogen-bond acceptors (Lipinski definition) is 2. The minimum absolute atomic E-state index is 0.0539. The summed E-state index contributed by atoms with van der Waals surface area (Å²) in [6.45, 7) is -0.781. The quantitative estimate of drug-likeness (QED) is 0.832. The van der Waals surface area contributed by atoms with Crippen LogP contribution in [-0.2, 0) is 4.79 Å². The fourth-order valence-corrected chi connectivity index (χ4v) is 3.15.